The molecule has 0 saturated carbocycles. The molecule has 0 aromatic heterocycles. The van der Waals surface area contributed by atoms with E-state index in [9.17, 15) is 28.1 Å². The number of alkyl halides is 3. The summed E-state index contributed by atoms with van der Waals surface area (Å²) in [6.07, 6.45) is -4.36. The molecule has 1 N–H and O–H groups in total. The van der Waals surface area contributed by atoms with Crippen molar-refractivity contribution in [2.75, 3.05) is 19.0 Å². The minimum Gasteiger partial charge on any atom is -0.465 e. The summed E-state index contributed by atoms with van der Waals surface area (Å²) >= 11 is 0. The molecule has 0 aliphatic carbocycles. The Morgan fingerprint density at radius 2 is 1.79 bits per heavy atom. The summed E-state index contributed by atoms with van der Waals surface area (Å²) in [6, 6.07) is 10.7. The molecule has 0 amide bonds. The normalized spacial score (nSPS) is 11.1. The Morgan fingerprint density at radius 1 is 1.14 bits per heavy atom. The van der Waals surface area contributed by atoms with Crippen molar-refractivity contribution in [1.29, 1.82) is 0 Å². The second-order valence-corrected chi connectivity index (χ2v) is 5.76. The standard InChI is InChI=1S/C18H17F3N2O5/c1-27-17(24)15-8-14(6-7-16(15)23(25)26)22-9-12-2-4-13(5-3-12)10-28-11-18(19,20)21/h2-8,22H,9-11H2,1H3. The minimum atomic E-state index is -4.36. The SMILES string of the molecule is COC(=O)c1cc(NCc2ccc(COCC(F)(F)F)cc2)ccc1[N+](=O)[O-]. The highest BCUT2D eigenvalue weighted by atomic mass is 19.4. The number of hydrogen-bond donors (Lipinski definition) is 1. The monoisotopic (exact) mass is 398 g/mol. The van der Waals surface area contributed by atoms with Gasteiger partial charge in [0.25, 0.3) is 5.69 Å². The number of nitro benzene ring substituents is 1. The number of carbonyl (C=O) groups excluding carboxylic acids is 1. The van der Waals surface area contributed by atoms with Crippen LogP contribution in [-0.4, -0.2) is 30.8 Å². The Morgan fingerprint density at radius 3 is 2.36 bits per heavy atom. The van der Waals surface area contributed by atoms with Crippen LogP contribution in [0.3, 0.4) is 0 Å². The molecule has 2 aromatic rings. The molecule has 150 valence electrons. The van der Waals surface area contributed by atoms with Crippen LogP contribution in [0, 0.1) is 10.1 Å². The number of benzene rings is 2. The largest absolute Gasteiger partial charge is 0.465 e. The van der Waals surface area contributed by atoms with Crippen LogP contribution in [0.5, 0.6) is 0 Å². The van der Waals surface area contributed by atoms with E-state index in [1.54, 1.807) is 24.3 Å². The number of methoxy groups -OCH3 is 1. The van der Waals surface area contributed by atoms with Crippen LogP contribution in [-0.2, 0) is 22.6 Å². The smallest absolute Gasteiger partial charge is 0.411 e. The molecular formula is C18H17F3N2O5. The number of hydrogen-bond acceptors (Lipinski definition) is 6. The predicted octanol–water partition coefficient (Wildman–Crippen LogP) is 4.07. The van der Waals surface area contributed by atoms with Gasteiger partial charge in [0.2, 0.25) is 0 Å². The molecule has 0 spiro atoms. The number of ether oxygens (including phenoxy) is 2. The van der Waals surface area contributed by atoms with Crippen molar-refractivity contribution in [3.63, 3.8) is 0 Å². The second kappa shape index (κ2) is 9.18. The van der Waals surface area contributed by atoms with Gasteiger partial charge >= 0.3 is 12.1 Å². The van der Waals surface area contributed by atoms with Crippen LogP contribution < -0.4 is 5.32 Å². The van der Waals surface area contributed by atoms with Gasteiger partial charge < -0.3 is 14.8 Å². The Kier molecular flexibility index (Phi) is 6.94. The van der Waals surface area contributed by atoms with Gasteiger partial charge in [-0.15, -0.1) is 0 Å². The lowest BCUT2D eigenvalue weighted by Gasteiger charge is -2.10. The summed E-state index contributed by atoms with van der Waals surface area (Å²) in [7, 11) is 1.13. The lowest BCUT2D eigenvalue weighted by Crippen LogP contribution is -2.16. The molecule has 0 aliphatic heterocycles. The maximum Gasteiger partial charge on any atom is 0.411 e. The zero-order valence-corrected chi connectivity index (χ0v) is 14.8. The van der Waals surface area contributed by atoms with Crippen molar-refractivity contribution in [3.05, 3.63) is 69.3 Å². The quantitative estimate of drug-likeness (QED) is 0.410. The molecular weight excluding hydrogens is 381 g/mol. The first-order valence-corrected chi connectivity index (χ1v) is 8.02. The molecule has 0 atom stereocenters. The van der Waals surface area contributed by atoms with Crippen molar-refractivity contribution < 1.29 is 32.4 Å². The number of nitro groups is 1. The fraction of sp³-hybridized carbons (Fsp3) is 0.278. The molecule has 7 nitrogen and oxygen atoms in total. The van der Waals surface area contributed by atoms with Crippen LogP contribution in [0.2, 0.25) is 0 Å². The van der Waals surface area contributed by atoms with Crippen molar-refractivity contribution >= 4 is 17.3 Å². The number of rotatable bonds is 8. The third kappa shape index (κ3) is 6.23. The zero-order chi connectivity index (χ0) is 20.7. The van der Waals surface area contributed by atoms with E-state index in [0.29, 0.717) is 17.8 Å². The number of anilines is 1. The van der Waals surface area contributed by atoms with Gasteiger partial charge in [-0.2, -0.15) is 13.2 Å². The molecule has 0 radical (unpaired) electrons. The topological polar surface area (TPSA) is 90.7 Å². The number of nitrogens with one attached hydrogen (secondary N) is 1. The third-order valence-corrected chi connectivity index (χ3v) is 3.65. The Hall–Kier alpha value is -3.14. The molecule has 0 fully saturated rings. The van der Waals surface area contributed by atoms with Gasteiger partial charge in [-0.3, -0.25) is 10.1 Å². The highest BCUT2D eigenvalue weighted by Crippen LogP contribution is 2.24. The van der Waals surface area contributed by atoms with E-state index < -0.39 is 23.7 Å². The van der Waals surface area contributed by atoms with Gasteiger partial charge in [0, 0.05) is 18.3 Å². The maximum atomic E-state index is 12.1. The van der Waals surface area contributed by atoms with E-state index in [-0.39, 0.29) is 17.9 Å². The third-order valence-electron chi connectivity index (χ3n) is 3.65. The Balaban J connectivity index is 1.98. The average molecular weight is 398 g/mol. The summed E-state index contributed by atoms with van der Waals surface area (Å²) in [4.78, 5) is 22.0. The Labute approximate surface area is 158 Å². The maximum absolute atomic E-state index is 12.1. The van der Waals surface area contributed by atoms with Crippen LogP contribution in [0.4, 0.5) is 24.5 Å². The summed E-state index contributed by atoms with van der Waals surface area (Å²) in [5.74, 6) is -0.821. The van der Waals surface area contributed by atoms with Crippen LogP contribution in [0.1, 0.15) is 21.5 Å². The first kappa shape index (κ1) is 21.2. The zero-order valence-electron chi connectivity index (χ0n) is 14.8. The first-order valence-electron chi connectivity index (χ1n) is 8.02. The minimum absolute atomic E-state index is 0.155. The molecule has 28 heavy (non-hydrogen) atoms. The predicted molar refractivity (Wildman–Crippen MR) is 93.9 cm³/mol. The van der Waals surface area contributed by atoms with Crippen LogP contribution in [0.15, 0.2) is 42.5 Å². The molecule has 0 saturated heterocycles. The molecule has 0 unspecified atom stereocenters. The number of halogens is 3. The number of nitrogens with zero attached hydrogens (tertiary/aromatic N) is 1. The summed E-state index contributed by atoms with van der Waals surface area (Å²) in [6.45, 7) is -1.13. The molecule has 2 rings (SSSR count). The van der Waals surface area contributed by atoms with Crippen molar-refractivity contribution in [2.45, 2.75) is 19.3 Å². The van der Waals surface area contributed by atoms with Gasteiger partial charge in [0.05, 0.1) is 18.6 Å². The van der Waals surface area contributed by atoms with E-state index in [4.69, 9.17) is 0 Å². The highest BCUT2D eigenvalue weighted by molar-refractivity contribution is 5.95. The number of esters is 1. The van der Waals surface area contributed by atoms with Crippen molar-refractivity contribution in [2.24, 2.45) is 0 Å². The summed E-state index contributed by atoms with van der Waals surface area (Å²) in [5, 5.41) is 14.0. The van der Waals surface area contributed by atoms with Gasteiger partial charge in [0.15, 0.2) is 0 Å². The van der Waals surface area contributed by atoms with E-state index in [2.05, 4.69) is 14.8 Å². The van der Waals surface area contributed by atoms with Crippen molar-refractivity contribution in [1.82, 2.24) is 0 Å². The molecule has 10 heteroatoms. The van der Waals surface area contributed by atoms with Crippen LogP contribution in [0.25, 0.3) is 0 Å². The van der Waals surface area contributed by atoms with Gasteiger partial charge in [-0.25, -0.2) is 4.79 Å². The van der Waals surface area contributed by atoms with E-state index in [1.807, 2.05) is 0 Å². The molecule has 2 aromatic carbocycles. The lowest BCUT2D eigenvalue weighted by molar-refractivity contribution is -0.385. The summed E-state index contributed by atoms with van der Waals surface area (Å²) < 4.78 is 45.3. The summed E-state index contributed by atoms with van der Waals surface area (Å²) in [5.41, 5.74) is 1.35. The fourth-order valence-electron chi connectivity index (χ4n) is 2.32. The van der Waals surface area contributed by atoms with Crippen molar-refractivity contribution in [3.8, 4) is 0 Å². The van der Waals surface area contributed by atoms with Gasteiger partial charge in [0.1, 0.15) is 12.2 Å². The number of carbonyl (C=O) groups is 1. The Bertz CT molecular complexity index is 838. The lowest BCUT2D eigenvalue weighted by atomic mass is 10.1. The molecule has 0 heterocycles. The van der Waals surface area contributed by atoms with Gasteiger partial charge in [-0.05, 0) is 23.3 Å². The van der Waals surface area contributed by atoms with Gasteiger partial charge in [-0.1, -0.05) is 24.3 Å². The molecule has 0 aliphatic rings. The average Bonchev–Trinajstić information content (AvgIpc) is 2.65. The molecule has 0 bridgehead atoms. The second-order valence-electron chi connectivity index (χ2n) is 5.76. The fourth-order valence-corrected chi connectivity index (χ4v) is 2.32. The highest BCUT2D eigenvalue weighted by Gasteiger charge is 2.27. The van der Waals surface area contributed by atoms with E-state index in [1.165, 1.54) is 18.2 Å². The van der Waals surface area contributed by atoms with Crippen LogP contribution >= 0.6 is 0 Å². The first-order chi connectivity index (χ1) is 13.2. The van der Waals surface area contributed by atoms with E-state index >= 15 is 0 Å². The van der Waals surface area contributed by atoms with E-state index in [0.717, 1.165) is 12.7 Å².